The third-order valence-corrected chi connectivity index (χ3v) is 6.05. The van der Waals surface area contributed by atoms with E-state index in [0.29, 0.717) is 48.3 Å². The lowest BCUT2D eigenvalue weighted by Gasteiger charge is -2.35. The Morgan fingerprint density at radius 2 is 2.12 bits per heavy atom. The van der Waals surface area contributed by atoms with E-state index in [9.17, 15) is 8.78 Å². The zero-order valence-corrected chi connectivity index (χ0v) is 19.2. The summed E-state index contributed by atoms with van der Waals surface area (Å²) in [6.45, 7) is 3.17. The molecule has 33 heavy (non-hydrogen) atoms. The lowest BCUT2D eigenvalue weighted by molar-refractivity contribution is -0.0117. The summed E-state index contributed by atoms with van der Waals surface area (Å²) in [5.41, 5.74) is 9.26. The number of pyridine rings is 1. The predicted octanol–water partition coefficient (Wildman–Crippen LogP) is 2.39. The fraction of sp³-hybridized carbons (Fsp3) is 0.591. The van der Waals surface area contributed by atoms with E-state index in [1.165, 1.54) is 17.9 Å². The molecule has 1 saturated heterocycles. The van der Waals surface area contributed by atoms with Crippen LogP contribution in [0.3, 0.4) is 0 Å². The number of hydrogen-bond donors (Lipinski definition) is 2. The molecular weight excluding hydrogens is 430 g/mol. The molecule has 180 valence electrons. The molecule has 0 amide bonds. The quantitative estimate of drug-likeness (QED) is 0.432. The zero-order chi connectivity index (χ0) is 23.6. The summed E-state index contributed by atoms with van der Waals surface area (Å²) in [7, 11) is 1.67. The fourth-order valence-electron chi connectivity index (χ4n) is 4.02. The molecule has 0 radical (unpaired) electrons. The third-order valence-electron chi connectivity index (χ3n) is 6.05. The Bertz CT molecular complexity index is 1000. The molecule has 1 aliphatic heterocycles. The number of aromatic nitrogens is 4. The summed E-state index contributed by atoms with van der Waals surface area (Å²) >= 11 is 0. The number of hydrogen-bond acceptors (Lipinski definition) is 8. The van der Waals surface area contributed by atoms with Gasteiger partial charge < -0.3 is 20.4 Å². The maximum atomic E-state index is 13.9. The van der Waals surface area contributed by atoms with E-state index < -0.39 is 5.92 Å². The highest BCUT2D eigenvalue weighted by Crippen LogP contribution is 2.32. The van der Waals surface area contributed by atoms with E-state index in [0.717, 1.165) is 17.9 Å². The van der Waals surface area contributed by atoms with E-state index in [1.807, 2.05) is 13.0 Å². The summed E-state index contributed by atoms with van der Waals surface area (Å²) in [4.78, 5) is 6.39. The van der Waals surface area contributed by atoms with Gasteiger partial charge in [-0.15, -0.1) is 0 Å². The number of aryl methyl sites for hydroxylation is 1. The van der Waals surface area contributed by atoms with Crippen molar-refractivity contribution in [3.8, 4) is 5.88 Å². The van der Waals surface area contributed by atoms with Gasteiger partial charge in [-0.05, 0) is 43.7 Å². The molecule has 4 rings (SSSR count). The average Bonchev–Trinajstić information content (AvgIpc) is 3.48. The Balaban J connectivity index is 1.51. The topological polar surface area (TPSA) is 111 Å². The summed E-state index contributed by atoms with van der Waals surface area (Å²) < 4.78 is 35.4. The minimum absolute atomic E-state index is 0.0767. The van der Waals surface area contributed by atoms with Gasteiger partial charge in [-0.2, -0.15) is 0 Å². The molecule has 0 aromatic carbocycles. The maximum Gasteiger partial charge on any atom is 0.265 e. The van der Waals surface area contributed by atoms with Gasteiger partial charge in [0, 0.05) is 26.6 Å². The molecule has 3 heterocycles. The highest BCUT2D eigenvalue weighted by atomic mass is 19.3. The van der Waals surface area contributed by atoms with E-state index in [-0.39, 0.29) is 19.6 Å². The molecule has 2 aromatic rings. The van der Waals surface area contributed by atoms with Crippen LogP contribution in [0.4, 0.5) is 14.5 Å². The first-order valence-corrected chi connectivity index (χ1v) is 11.4. The fourth-order valence-corrected chi connectivity index (χ4v) is 4.02. The van der Waals surface area contributed by atoms with Gasteiger partial charge in [-0.25, -0.2) is 24.3 Å². The first-order chi connectivity index (χ1) is 15.8. The summed E-state index contributed by atoms with van der Waals surface area (Å²) in [5.74, 6) is 4.41. The molecule has 0 spiro atoms. The molecule has 2 fully saturated rings. The van der Waals surface area contributed by atoms with Gasteiger partial charge in [0.25, 0.3) is 11.8 Å². The molecule has 11 heteroatoms. The molecule has 0 bridgehead atoms. The summed E-state index contributed by atoms with van der Waals surface area (Å²) in [6.07, 6.45) is 5.18. The van der Waals surface area contributed by atoms with Gasteiger partial charge in [0.1, 0.15) is 6.61 Å². The average molecular weight is 463 g/mol. The van der Waals surface area contributed by atoms with Crippen LogP contribution in [0.5, 0.6) is 5.88 Å². The summed E-state index contributed by atoms with van der Waals surface area (Å²) in [6, 6.07) is 3.56. The lowest BCUT2D eigenvalue weighted by atomic mass is 10.1. The molecular formula is C22H32F2N8O. The number of rotatable bonds is 9. The number of piperidine rings is 1. The maximum absolute atomic E-state index is 13.9. The first-order valence-electron chi connectivity index (χ1n) is 11.4. The van der Waals surface area contributed by atoms with Gasteiger partial charge in [0.2, 0.25) is 0 Å². The SMILES string of the molecule is CCc1nc(/C(N)=C(\COc2cn(CC3CC3)nn2)N(C)N)ccc1N1CCCC(F)(F)C1. The smallest absolute Gasteiger partial charge is 0.265 e. The molecule has 4 N–H and O–H groups in total. The standard InChI is InChI=1S/C22H32F2N8O/c1-3-16-18(31-10-4-9-22(23,24)14-31)8-7-17(27-16)21(25)19(30(2)26)13-33-20-12-32(29-28-20)11-15-5-6-15/h7-8,12,15H,3-6,9-11,13-14,25-26H2,1-2H3/b21-19-. The van der Waals surface area contributed by atoms with Crippen LogP contribution in [-0.4, -0.2) is 57.7 Å². The monoisotopic (exact) mass is 462 g/mol. The van der Waals surface area contributed by atoms with Crippen LogP contribution in [0.1, 0.15) is 44.0 Å². The molecule has 0 unspecified atom stereocenters. The van der Waals surface area contributed by atoms with Crippen molar-refractivity contribution in [3.63, 3.8) is 0 Å². The molecule has 1 aliphatic carbocycles. The van der Waals surface area contributed by atoms with Gasteiger partial charge in [0.15, 0.2) is 0 Å². The lowest BCUT2D eigenvalue weighted by Crippen LogP contribution is -2.43. The van der Waals surface area contributed by atoms with Crippen LogP contribution in [0.2, 0.25) is 0 Å². The number of halogens is 2. The molecule has 9 nitrogen and oxygen atoms in total. The van der Waals surface area contributed by atoms with Crippen LogP contribution in [0, 0.1) is 5.92 Å². The third kappa shape index (κ3) is 5.70. The Labute approximate surface area is 192 Å². The van der Waals surface area contributed by atoms with Crippen molar-refractivity contribution >= 4 is 11.4 Å². The Kier molecular flexibility index (Phi) is 6.68. The van der Waals surface area contributed by atoms with Crippen molar-refractivity contribution in [1.29, 1.82) is 0 Å². The van der Waals surface area contributed by atoms with E-state index in [2.05, 4.69) is 15.3 Å². The van der Waals surface area contributed by atoms with Crippen molar-refractivity contribution in [1.82, 2.24) is 25.0 Å². The highest BCUT2D eigenvalue weighted by Gasteiger charge is 2.36. The van der Waals surface area contributed by atoms with E-state index in [4.69, 9.17) is 16.3 Å². The second-order valence-corrected chi connectivity index (χ2v) is 8.88. The van der Waals surface area contributed by atoms with Crippen molar-refractivity contribution in [3.05, 3.63) is 35.4 Å². The number of likely N-dealkylation sites (N-methyl/N-ethyl adjacent to an activating group) is 1. The second kappa shape index (κ2) is 9.50. The van der Waals surface area contributed by atoms with Gasteiger partial charge >= 0.3 is 0 Å². The molecule has 0 atom stereocenters. The minimum atomic E-state index is -2.69. The van der Waals surface area contributed by atoms with E-state index in [1.54, 1.807) is 28.9 Å². The summed E-state index contributed by atoms with van der Waals surface area (Å²) in [5, 5.41) is 9.52. The number of hydrazine groups is 1. The van der Waals surface area contributed by atoms with Crippen LogP contribution < -0.4 is 21.2 Å². The van der Waals surface area contributed by atoms with Gasteiger partial charge in [-0.3, -0.25) is 0 Å². The van der Waals surface area contributed by atoms with Crippen LogP contribution in [0.15, 0.2) is 24.0 Å². The number of alkyl halides is 2. The molecule has 1 saturated carbocycles. The van der Waals surface area contributed by atoms with Crippen molar-refractivity contribution < 1.29 is 13.5 Å². The minimum Gasteiger partial charge on any atom is -0.469 e. The Morgan fingerprint density at radius 1 is 1.33 bits per heavy atom. The van der Waals surface area contributed by atoms with Gasteiger partial charge in [0.05, 0.1) is 41.2 Å². The highest BCUT2D eigenvalue weighted by molar-refractivity contribution is 5.65. The normalized spacial score (nSPS) is 18.8. The van der Waals surface area contributed by atoms with E-state index >= 15 is 0 Å². The van der Waals surface area contributed by atoms with Crippen LogP contribution in [0.25, 0.3) is 5.70 Å². The Morgan fingerprint density at radius 3 is 2.79 bits per heavy atom. The molecule has 2 aliphatic rings. The number of anilines is 1. The van der Waals surface area contributed by atoms with Crippen molar-refractivity contribution in [2.24, 2.45) is 17.5 Å². The van der Waals surface area contributed by atoms with Crippen LogP contribution in [-0.2, 0) is 13.0 Å². The largest absolute Gasteiger partial charge is 0.469 e. The van der Waals surface area contributed by atoms with Crippen molar-refractivity contribution in [2.45, 2.75) is 51.5 Å². The second-order valence-electron chi connectivity index (χ2n) is 8.88. The zero-order valence-electron chi connectivity index (χ0n) is 19.2. The van der Waals surface area contributed by atoms with Crippen molar-refractivity contribution in [2.75, 3.05) is 31.6 Å². The van der Waals surface area contributed by atoms with Crippen LogP contribution >= 0.6 is 0 Å². The van der Waals surface area contributed by atoms with Gasteiger partial charge in [-0.1, -0.05) is 17.2 Å². The predicted molar refractivity (Wildman–Crippen MR) is 121 cm³/mol. The first kappa shape index (κ1) is 23.2. The Hall–Kier alpha value is -2.95. The number of nitrogens with zero attached hydrogens (tertiary/aromatic N) is 6. The number of ether oxygens (including phenoxy) is 1. The molecule has 2 aromatic heterocycles. The number of nitrogens with two attached hydrogens (primary N) is 2.